The number of thiazole rings is 1. The fourth-order valence-electron chi connectivity index (χ4n) is 2.73. The van der Waals surface area contributed by atoms with Crippen molar-refractivity contribution in [2.45, 2.75) is 32.2 Å². The summed E-state index contributed by atoms with van der Waals surface area (Å²) in [4.78, 5) is 25.1. The number of carbonyl (C=O) groups excluding carboxylic acids is 1. The Hall–Kier alpha value is -2.61. The lowest BCUT2D eigenvalue weighted by Gasteiger charge is -2.08. The van der Waals surface area contributed by atoms with Crippen LogP contribution >= 0.6 is 11.3 Å². The average Bonchev–Trinajstić information content (AvgIpc) is 3.27. The van der Waals surface area contributed by atoms with Gasteiger partial charge in [-0.05, 0) is 19.3 Å². The predicted octanol–water partition coefficient (Wildman–Crippen LogP) is 2.40. The molecule has 122 valence electrons. The molecule has 1 aliphatic carbocycles. The van der Waals surface area contributed by atoms with Gasteiger partial charge >= 0.3 is 0 Å². The quantitative estimate of drug-likeness (QED) is 0.783. The van der Waals surface area contributed by atoms with Gasteiger partial charge in [-0.2, -0.15) is 0 Å². The van der Waals surface area contributed by atoms with Gasteiger partial charge < -0.3 is 9.84 Å². The second-order valence-corrected chi connectivity index (χ2v) is 6.42. The fraction of sp³-hybridized carbons (Fsp3) is 0.312. The second-order valence-electron chi connectivity index (χ2n) is 5.56. The maximum Gasteiger partial charge on any atom is 0.274 e. The van der Waals surface area contributed by atoms with Crippen LogP contribution in [0.1, 0.15) is 40.3 Å². The van der Waals surface area contributed by atoms with Gasteiger partial charge in [0.2, 0.25) is 0 Å². The summed E-state index contributed by atoms with van der Waals surface area (Å²) in [6.07, 6.45) is 8.80. The summed E-state index contributed by atoms with van der Waals surface area (Å²) < 4.78 is 5.28. The molecule has 0 unspecified atom stereocenters. The highest BCUT2D eigenvalue weighted by Crippen LogP contribution is 2.24. The van der Waals surface area contributed by atoms with Crippen LogP contribution in [0.2, 0.25) is 0 Å². The monoisotopic (exact) mass is 341 g/mol. The van der Waals surface area contributed by atoms with E-state index in [1.54, 1.807) is 18.6 Å². The van der Waals surface area contributed by atoms with Crippen molar-refractivity contribution in [1.29, 1.82) is 0 Å². The van der Waals surface area contributed by atoms with Gasteiger partial charge in [-0.3, -0.25) is 14.8 Å². The minimum Gasteiger partial charge on any atom is -0.360 e. The molecule has 0 aliphatic heterocycles. The molecule has 4 rings (SSSR count). The Morgan fingerprint density at radius 2 is 2.21 bits per heavy atom. The maximum atomic E-state index is 12.3. The Bertz CT molecular complexity index is 858. The number of aryl methyl sites for hydroxylation is 1. The molecule has 0 fully saturated rings. The number of carbonyl (C=O) groups is 1. The molecule has 0 aromatic carbocycles. The van der Waals surface area contributed by atoms with Crippen molar-refractivity contribution >= 4 is 17.2 Å². The molecule has 3 heterocycles. The molecule has 1 amide bonds. The summed E-state index contributed by atoms with van der Waals surface area (Å²) in [5.41, 5.74) is 2.88. The smallest absolute Gasteiger partial charge is 0.274 e. The number of nitrogens with one attached hydrogen (secondary N) is 1. The summed E-state index contributed by atoms with van der Waals surface area (Å²) in [7, 11) is 0. The van der Waals surface area contributed by atoms with Crippen molar-refractivity contribution in [1.82, 2.24) is 25.4 Å². The Morgan fingerprint density at radius 1 is 1.29 bits per heavy atom. The van der Waals surface area contributed by atoms with E-state index in [2.05, 4.69) is 25.4 Å². The van der Waals surface area contributed by atoms with Gasteiger partial charge in [0.15, 0.2) is 5.69 Å². The van der Waals surface area contributed by atoms with Crippen LogP contribution in [0, 0.1) is 0 Å². The summed E-state index contributed by atoms with van der Waals surface area (Å²) in [6.45, 7) is 0.344. The molecule has 0 spiro atoms. The first-order chi connectivity index (χ1) is 11.8. The first kappa shape index (κ1) is 14.9. The van der Waals surface area contributed by atoms with Crippen molar-refractivity contribution in [3.05, 3.63) is 46.7 Å². The molecule has 1 N–H and O–H groups in total. The minimum atomic E-state index is -0.212. The van der Waals surface area contributed by atoms with E-state index in [9.17, 15) is 4.79 Å². The third-order valence-electron chi connectivity index (χ3n) is 3.93. The molecule has 24 heavy (non-hydrogen) atoms. The molecule has 7 nitrogen and oxygen atoms in total. The zero-order valence-electron chi connectivity index (χ0n) is 12.9. The number of rotatable bonds is 4. The van der Waals surface area contributed by atoms with Crippen molar-refractivity contribution in [2.75, 3.05) is 0 Å². The van der Waals surface area contributed by atoms with Crippen LogP contribution < -0.4 is 5.32 Å². The first-order valence-corrected chi connectivity index (χ1v) is 8.65. The second kappa shape index (κ2) is 6.48. The van der Waals surface area contributed by atoms with E-state index in [0.29, 0.717) is 12.2 Å². The topological polar surface area (TPSA) is 93.8 Å². The van der Waals surface area contributed by atoms with E-state index >= 15 is 0 Å². The molecule has 0 saturated carbocycles. The molecule has 8 heteroatoms. The zero-order chi connectivity index (χ0) is 16.4. The van der Waals surface area contributed by atoms with Gasteiger partial charge in [-0.1, -0.05) is 5.16 Å². The van der Waals surface area contributed by atoms with Crippen LogP contribution in [-0.4, -0.2) is 26.0 Å². The summed E-state index contributed by atoms with van der Waals surface area (Å²) in [5.74, 6) is 0.640. The molecule has 0 atom stereocenters. The van der Waals surface area contributed by atoms with Gasteiger partial charge in [0.05, 0.1) is 18.4 Å². The highest BCUT2D eigenvalue weighted by Gasteiger charge is 2.23. The third kappa shape index (κ3) is 2.92. The van der Waals surface area contributed by atoms with E-state index in [1.165, 1.54) is 11.3 Å². The first-order valence-electron chi connectivity index (χ1n) is 7.77. The maximum absolute atomic E-state index is 12.3. The van der Waals surface area contributed by atoms with E-state index in [4.69, 9.17) is 4.52 Å². The van der Waals surface area contributed by atoms with Gasteiger partial charge in [0.25, 0.3) is 5.91 Å². The molecular weight excluding hydrogens is 326 g/mol. The number of nitrogens with zero attached hydrogens (tertiary/aromatic N) is 4. The minimum absolute atomic E-state index is 0.212. The summed E-state index contributed by atoms with van der Waals surface area (Å²) in [6, 6.07) is 0. The van der Waals surface area contributed by atoms with Crippen molar-refractivity contribution in [3.63, 3.8) is 0 Å². The molecule has 0 saturated heterocycles. The zero-order valence-corrected chi connectivity index (χ0v) is 13.7. The van der Waals surface area contributed by atoms with Crippen LogP contribution in [-0.2, 0) is 19.4 Å². The normalized spacial score (nSPS) is 13.5. The largest absolute Gasteiger partial charge is 0.360 e. The Labute approximate surface area is 142 Å². The van der Waals surface area contributed by atoms with Crippen LogP contribution in [0.25, 0.3) is 10.7 Å². The predicted molar refractivity (Wildman–Crippen MR) is 87.5 cm³/mol. The van der Waals surface area contributed by atoms with Gasteiger partial charge in [-0.25, -0.2) is 4.98 Å². The SMILES string of the molecule is O=C(NCc1csc(-c2cnccn2)n1)c1noc2c1CCCC2. The fourth-order valence-corrected chi connectivity index (χ4v) is 3.51. The molecule has 0 radical (unpaired) electrons. The number of amides is 1. The van der Waals surface area contributed by atoms with E-state index < -0.39 is 0 Å². The van der Waals surface area contributed by atoms with Crippen LogP contribution in [0.5, 0.6) is 0 Å². The lowest BCUT2D eigenvalue weighted by molar-refractivity contribution is 0.0940. The van der Waals surface area contributed by atoms with Gasteiger partial charge in [0.1, 0.15) is 16.5 Å². The lowest BCUT2D eigenvalue weighted by Crippen LogP contribution is -2.24. The standard InChI is InChI=1S/C16H15N5O2S/c22-15(14-11-3-1-2-4-13(11)23-21-14)19-7-10-9-24-16(20-10)12-8-17-5-6-18-12/h5-6,8-9H,1-4,7H2,(H,19,22). The summed E-state index contributed by atoms with van der Waals surface area (Å²) >= 11 is 1.48. The molecule has 1 aliphatic rings. The van der Waals surface area contributed by atoms with Crippen molar-refractivity contribution in [2.24, 2.45) is 0 Å². The Kier molecular flexibility index (Phi) is 4.04. The molecular formula is C16H15N5O2S. The molecule has 3 aromatic heterocycles. The number of fused-ring (bicyclic) bond motifs is 1. The van der Waals surface area contributed by atoms with E-state index in [-0.39, 0.29) is 5.91 Å². The van der Waals surface area contributed by atoms with Gasteiger partial charge in [-0.15, -0.1) is 11.3 Å². The van der Waals surface area contributed by atoms with Crippen LogP contribution in [0.4, 0.5) is 0 Å². The summed E-state index contributed by atoms with van der Waals surface area (Å²) in [5, 5.41) is 9.49. The number of hydrogen-bond donors (Lipinski definition) is 1. The lowest BCUT2D eigenvalue weighted by atomic mass is 9.96. The van der Waals surface area contributed by atoms with Crippen LogP contribution in [0.3, 0.4) is 0 Å². The number of aromatic nitrogens is 4. The highest BCUT2D eigenvalue weighted by molar-refractivity contribution is 7.13. The highest BCUT2D eigenvalue weighted by atomic mass is 32.1. The third-order valence-corrected chi connectivity index (χ3v) is 4.84. The van der Waals surface area contributed by atoms with E-state index in [1.807, 2.05) is 5.38 Å². The molecule has 3 aromatic rings. The average molecular weight is 341 g/mol. The van der Waals surface area contributed by atoms with E-state index in [0.717, 1.165) is 53.4 Å². The molecule has 0 bridgehead atoms. The van der Waals surface area contributed by atoms with Crippen molar-refractivity contribution < 1.29 is 9.32 Å². The van der Waals surface area contributed by atoms with Crippen LogP contribution in [0.15, 0.2) is 28.5 Å². The van der Waals surface area contributed by atoms with Crippen molar-refractivity contribution in [3.8, 4) is 10.7 Å². The Morgan fingerprint density at radius 3 is 3.08 bits per heavy atom. The number of hydrogen-bond acceptors (Lipinski definition) is 7. The Balaban J connectivity index is 1.43. The van der Waals surface area contributed by atoms with Gasteiger partial charge in [0, 0.05) is 29.8 Å².